The summed E-state index contributed by atoms with van der Waals surface area (Å²) in [7, 11) is 0. The highest BCUT2D eigenvalue weighted by Crippen LogP contribution is 2.35. The van der Waals surface area contributed by atoms with Crippen molar-refractivity contribution >= 4 is 11.9 Å². The number of carboxylic acids is 1. The van der Waals surface area contributed by atoms with Crippen molar-refractivity contribution in [1.29, 1.82) is 0 Å². The number of nitrogens with one attached hydrogen (secondary N) is 1. The SMILES string of the molecule is CC(OCC1CCCCO1)C(=O)NC1(C(=O)O)CC1. The van der Waals surface area contributed by atoms with E-state index in [1.165, 1.54) is 0 Å². The molecule has 0 aromatic heterocycles. The molecule has 6 nitrogen and oxygen atoms in total. The van der Waals surface area contributed by atoms with Crippen LogP contribution in [0.3, 0.4) is 0 Å². The topological polar surface area (TPSA) is 84.9 Å². The molecule has 0 aromatic rings. The maximum absolute atomic E-state index is 11.8. The number of aliphatic carboxylic acids is 1. The van der Waals surface area contributed by atoms with E-state index in [-0.39, 0.29) is 12.0 Å². The van der Waals surface area contributed by atoms with Gasteiger partial charge in [0.1, 0.15) is 11.6 Å². The van der Waals surface area contributed by atoms with Gasteiger partial charge in [-0.25, -0.2) is 4.79 Å². The Bertz CT molecular complexity index is 347. The summed E-state index contributed by atoms with van der Waals surface area (Å²) >= 11 is 0. The lowest BCUT2D eigenvalue weighted by molar-refractivity contribution is -0.146. The maximum Gasteiger partial charge on any atom is 0.329 e. The van der Waals surface area contributed by atoms with Crippen molar-refractivity contribution in [3.8, 4) is 0 Å². The molecule has 2 unspecified atom stereocenters. The van der Waals surface area contributed by atoms with Crippen molar-refractivity contribution in [2.45, 2.75) is 56.8 Å². The van der Waals surface area contributed by atoms with Gasteiger partial charge in [0.15, 0.2) is 0 Å². The van der Waals surface area contributed by atoms with E-state index in [9.17, 15) is 9.59 Å². The quantitative estimate of drug-likeness (QED) is 0.742. The third-order valence-corrected chi connectivity index (χ3v) is 3.70. The second-order valence-electron chi connectivity index (χ2n) is 5.34. The Morgan fingerprint density at radius 2 is 2.21 bits per heavy atom. The Morgan fingerprint density at radius 1 is 1.47 bits per heavy atom. The van der Waals surface area contributed by atoms with Crippen LogP contribution in [0.5, 0.6) is 0 Å². The zero-order chi connectivity index (χ0) is 13.9. The van der Waals surface area contributed by atoms with Crippen molar-refractivity contribution in [2.24, 2.45) is 0 Å². The molecule has 2 fully saturated rings. The fourth-order valence-corrected chi connectivity index (χ4v) is 2.12. The summed E-state index contributed by atoms with van der Waals surface area (Å²) in [4.78, 5) is 22.8. The molecule has 1 aliphatic heterocycles. The predicted octanol–water partition coefficient (Wildman–Crippen LogP) is 0.694. The van der Waals surface area contributed by atoms with Gasteiger partial charge in [-0.15, -0.1) is 0 Å². The summed E-state index contributed by atoms with van der Waals surface area (Å²) in [5.41, 5.74) is -1.05. The Morgan fingerprint density at radius 3 is 2.74 bits per heavy atom. The highest BCUT2D eigenvalue weighted by molar-refractivity contribution is 5.91. The molecule has 2 rings (SSSR count). The van der Waals surface area contributed by atoms with Crippen LogP contribution < -0.4 is 5.32 Å². The van der Waals surface area contributed by atoms with Crippen molar-refractivity contribution in [1.82, 2.24) is 5.32 Å². The van der Waals surface area contributed by atoms with E-state index in [0.29, 0.717) is 19.4 Å². The second kappa shape index (κ2) is 5.88. The van der Waals surface area contributed by atoms with Crippen LogP contribution in [0.2, 0.25) is 0 Å². The van der Waals surface area contributed by atoms with Crippen LogP contribution in [0.1, 0.15) is 39.0 Å². The number of carboxylic acid groups (broad SMARTS) is 1. The average molecular weight is 271 g/mol. The van der Waals surface area contributed by atoms with Crippen LogP contribution in [0.15, 0.2) is 0 Å². The predicted molar refractivity (Wildman–Crippen MR) is 66.7 cm³/mol. The third-order valence-electron chi connectivity index (χ3n) is 3.70. The van der Waals surface area contributed by atoms with Crippen LogP contribution in [-0.2, 0) is 19.1 Å². The van der Waals surface area contributed by atoms with Gasteiger partial charge < -0.3 is 19.9 Å². The van der Waals surface area contributed by atoms with Gasteiger partial charge in [-0.1, -0.05) is 0 Å². The van der Waals surface area contributed by atoms with Crippen LogP contribution in [0.25, 0.3) is 0 Å². The van der Waals surface area contributed by atoms with Crippen molar-refractivity contribution in [3.05, 3.63) is 0 Å². The largest absolute Gasteiger partial charge is 0.480 e. The smallest absolute Gasteiger partial charge is 0.329 e. The van der Waals surface area contributed by atoms with Crippen LogP contribution in [-0.4, -0.2) is 47.9 Å². The van der Waals surface area contributed by atoms with Crippen LogP contribution in [0, 0.1) is 0 Å². The molecule has 2 N–H and O–H groups in total. The molecule has 1 amide bonds. The molecule has 0 radical (unpaired) electrons. The zero-order valence-corrected chi connectivity index (χ0v) is 11.2. The second-order valence-corrected chi connectivity index (χ2v) is 5.34. The summed E-state index contributed by atoms with van der Waals surface area (Å²) in [6.45, 7) is 2.77. The molecule has 1 saturated heterocycles. The first-order valence-electron chi connectivity index (χ1n) is 6.82. The first-order valence-corrected chi connectivity index (χ1v) is 6.82. The number of ether oxygens (including phenoxy) is 2. The van der Waals surface area contributed by atoms with Gasteiger partial charge in [-0.05, 0) is 39.0 Å². The van der Waals surface area contributed by atoms with E-state index in [1.807, 2.05) is 0 Å². The average Bonchev–Trinajstić information content (AvgIpc) is 3.18. The molecule has 1 saturated carbocycles. The molecule has 1 heterocycles. The minimum atomic E-state index is -1.05. The lowest BCUT2D eigenvalue weighted by atomic mass is 10.1. The Balaban J connectivity index is 1.71. The summed E-state index contributed by atoms with van der Waals surface area (Å²) < 4.78 is 11.0. The first-order chi connectivity index (χ1) is 9.03. The Labute approximate surface area is 112 Å². The van der Waals surface area contributed by atoms with Gasteiger partial charge in [0.25, 0.3) is 0 Å². The summed E-state index contributed by atoms with van der Waals surface area (Å²) in [5.74, 6) is -1.33. The van der Waals surface area contributed by atoms with E-state index in [0.717, 1.165) is 25.9 Å². The van der Waals surface area contributed by atoms with Gasteiger partial charge in [-0.3, -0.25) is 4.79 Å². The third kappa shape index (κ3) is 3.67. The molecule has 2 aliphatic rings. The molecule has 0 spiro atoms. The maximum atomic E-state index is 11.8. The van der Waals surface area contributed by atoms with E-state index >= 15 is 0 Å². The zero-order valence-electron chi connectivity index (χ0n) is 11.2. The minimum Gasteiger partial charge on any atom is -0.480 e. The minimum absolute atomic E-state index is 0.0540. The molecule has 6 heteroatoms. The van der Waals surface area contributed by atoms with Crippen molar-refractivity contribution in [3.63, 3.8) is 0 Å². The molecule has 19 heavy (non-hydrogen) atoms. The standard InChI is InChI=1S/C13H21NO5/c1-9(19-8-10-4-2-3-7-18-10)11(15)14-13(5-6-13)12(16)17/h9-10H,2-8H2,1H3,(H,14,15)(H,16,17). The number of hydrogen-bond acceptors (Lipinski definition) is 4. The van der Waals surface area contributed by atoms with E-state index < -0.39 is 17.6 Å². The van der Waals surface area contributed by atoms with Gasteiger partial charge in [-0.2, -0.15) is 0 Å². The summed E-state index contributed by atoms with van der Waals surface area (Å²) in [6, 6.07) is 0. The van der Waals surface area contributed by atoms with Crippen molar-refractivity contribution < 1.29 is 24.2 Å². The molecule has 1 aliphatic carbocycles. The van der Waals surface area contributed by atoms with Crippen LogP contribution in [0.4, 0.5) is 0 Å². The highest BCUT2D eigenvalue weighted by atomic mass is 16.5. The number of carbonyl (C=O) groups excluding carboxylic acids is 1. The summed E-state index contributed by atoms with van der Waals surface area (Å²) in [6.07, 6.45) is 3.54. The lowest BCUT2D eigenvalue weighted by Gasteiger charge is -2.24. The molecular weight excluding hydrogens is 250 g/mol. The summed E-state index contributed by atoms with van der Waals surface area (Å²) in [5, 5.41) is 11.5. The number of amides is 1. The van der Waals surface area contributed by atoms with Gasteiger partial charge in [0.2, 0.25) is 5.91 Å². The molecule has 0 bridgehead atoms. The van der Waals surface area contributed by atoms with Gasteiger partial charge in [0, 0.05) is 6.61 Å². The molecular formula is C13H21NO5. The lowest BCUT2D eigenvalue weighted by Crippen LogP contribution is -2.47. The van der Waals surface area contributed by atoms with Gasteiger partial charge in [0.05, 0.1) is 12.7 Å². The normalized spacial score (nSPS) is 26.5. The van der Waals surface area contributed by atoms with E-state index in [1.54, 1.807) is 6.92 Å². The molecule has 0 aromatic carbocycles. The van der Waals surface area contributed by atoms with Gasteiger partial charge >= 0.3 is 5.97 Å². The Kier molecular flexibility index (Phi) is 4.42. The fourth-order valence-electron chi connectivity index (χ4n) is 2.12. The Hall–Kier alpha value is -1.14. The first kappa shape index (κ1) is 14.3. The van der Waals surface area contributed by atoms with Crippen molar-refractivity contribution in [2.75, 3.05) is 13.2 Å². The molecule has 2 atom stereocenters. The fraction of sp³-hybridized carbons (Fsp3) is 0.846. The van der Waals surface area contributed by atoms with Crippen LogP contribution >= 0.6 is 0 Å². The number of rotatable bonds is 6. The highest BCUT2D eigenvalue weighted by Gasteiger charge is 2.52. The monoisotopic (exact) mass is 271 g/mol. The van der Waals surface area contributed by atoms with E-state index in [2.05, 4.69) is 5.32 Å². The number of carbonyl (C=O) groups is 2. The van der Waals surface area contributed by atoms with E-state index in [4.69, 9.17) is 14.6 Å². The number of hydrogen-bond donors (Lipinski definition) is 2. The molecule has 108 valence electrons.